The Morgan fingerprint density at radius 1 is 1.50 bits per heavy atom. The van der Waals surface area contributed by atoms with Crippen LogP contribution in [0.2, 0.25) is 0 Å². The molecule has 0 radical (unpaired) electrons. The molecule has 0 aromatic heterocycles. The van der Waals surface area contributed by atoms with E-state index in [1.165, 1.54) is 0 Å². The van der Waals surface area contributed by atoms with Crippen molar-refractivity contribution in [2.24, 2.45) is 5.73 Å². The lowest BCUT2D eigenvalue weighted by molar-refractivity contribution is 0.714. The van der Waals surface area contributed by atoms with E-state index in [0.717, 1.165) is 25.9 Å². The topological polar surface area (TPSA) is 50.1 Å². The predicted octanol–water partition coefficient (Wildman–Crippen LogP) is -0.181. The first-order valence-corrected chi connectivity index (χ1v) is 3.87. The third-order valence-corrected chi connectivity index (χ3v) is 1.49. The molecule has 0 rings (SSSR count). The third-order valence-electron chi connectivity index (χ3n) is 1.14. The Hall–Kier alpha value is -0.350. The highest BCUT2D eigenvalue weighted by Gasteiger charge is 1.88. The van der Waals surface area contributed by atoms with Crippen LogP contribution < -0.4 is 16.4 Å². The van der Waals surface area contributed by atoms with Gasteiger partial charge in [-0.1, -0.05) is 0 Å². The van der Waals surface area contributed by atoms with Gasteiger partial charge >= 0.3 is 0 Å². The van der Waals surface area contributed by atoms with Crippen LogP contribution in [-0.2, 0) is 0 Å². The first kappa shape index (κ1) is 9.65. The van der Waals surface area contributed by atoms with Gasteiger partial charge in [0.25, 0.3) is 0 Å². The summed E-state index contributed by atoms with van der Waals surface area (Å²) in [6.45, 7) is 1.67. The fourth-order valence-electron chi connectivity index (χ4n) is 0.560. The monoisotopic (exact) mass is 161 g/mol. The molecule has 0 aliphatic heterocycles. The Balaban J connectivity index is 2.96. The van der Waals surface area contributed by atoms with Crippen molar-refractivity contribution in [1.29, 1.82) is 0 Å². The van der Waals surface area contributed by atoms with Crippen molar-refractivity contribution in [1.82, 2.24) is 10.6 Å². The van der Waals surface area contributed by atoms with Gasteiger partial charge < -0.3 is 16.4 Å². The van der Waals surface area contributed by atoms with Gasteiger partial charge in [0.2, 0.25) is 0 Å². The lowest BCUT2D eigenvalue weighted by Crippen LogP contribution is -2.33. The van der Waals surface area contributed by atoms with E-state index in [9.17, 15) is 0 Å². The lowest BCUT2D eigenvalue weighted by Gasteiger charge is -2.04. The van der Waals surface area contributed by atoms with E-state index in [0.29, 0.717) is 5.11 Å². The van der Waals surface area contributed by atoms with E-state index in [1.54, 1.807) is 7.05 Å². The molecular formula is C6H15N3S. The standard InChI is InChI=1S/C6H15N3S/c1-8-6(10)9-5-3-2-4-7/h2-5,7H2,1H3,(H2,8,9,10). The molecule has 0 bridgehead atoms. The molecule has 0 atom stereocenters. The van der Waals surface area contributed by atoms with Crippen molar-refractivity contribution in [2.45, 2.75) is 12.8 Å². The van der Waals surface area contributed by atoms with Gasteiger partial charge in [-0.25, -0.2) is 0 Å². The van der Waals surface area contributed by atoms with Crippen LogP contribution in [0.5, 0.6) is 0 Å². The zero-order valence-corrected chi connectivity index (χ0v) is 7.13. The zero-order valence-electron chi connectivity index (χ0n) is 6.31. The van der Waals surface area contributed by atoms with Crippen LogP contribution in [0.15, 0.2) is 0 Å². The van der Waals surface area contributed by atoms with E-state index in [-0.39, 0.29) is 0 Å². The van der Waals surface area contributed by atoms with Gasteiger partial charge in [-0.15, -0.1) is 0 Å². The van der Waals surface area contributed by atoms with Gasteiger partial charge in [-0.05, 0) is 31.6 Å². The summed E-state index contributed by atoms with van der Waals surface area (Å²) >= 11 is 4.85. The van der Waals surface area contributed by atoms with Crippen molar-refractivity contribution in [3.05, 3.63) is 0 Å². The Kier molecular flexibility index (Phi) is 6.53. The Morgan fingerprint density at radius 2 is 2.20 bits per heavy atom. The highest BCUT2D eigenvalue weighted by atomic mass is 32.1. The number of nitrogens with one attached hydrogen (secondary N) is 2. The first-order chi connectivity index (χ1) is 4.81. The normalized spacial score (nSPS) is 9.00. The number of nitrogens with two attached hydrogens (primary N) is 1. The second kappa shape index (κ2) is 6.77. The minimum absolute atomic E-state index is 0.706. The van der Waals surface area contributed by atoms with Crippen molar-refractivity contribution in [3.63, 3.8) is 0 Å². The fraction of sp³-hybridized carbons (Fsp3) is 0.833. The van der Waals surface area contributed by atoms with Crippen LogP contribution in [0.4, 0.5) is 0 Å². The van der Waals surface area contributed by atoms with E-state index in [1.807, 2.05) is 0 Å². The van der Waals surface area contributed by atoms with Gasteiger partial charge in [0, 0.05) is 13.6 Å². The molecule has 0 amide bonds. The maximum absolute atomic E-state index is 5.30. The van der Waals surface area contributed by atoms with Crippen molar-refractivity contribution >= 4 is 17.3 Å². The van der Waals surface area contributed by atoms with Gasteiger partial charge in [0.05, 0.1) is 0 Å². The van der Waals surface area contributed by atoms with E-state index >= 15 is 0 Å². The molecule has 0 unspecified atom stereocenters. The number of thiocarbonyl (C=S) groups is 1. The third kappa shape index (κ3) is 5.78. The summed E-state index contributed by atoms with van der Waals surface area (Å²) in [5.41, 5.74) is 5.30. The number of hydrogen-bond acceptors (Lipinski definition) is 2. The molecule has 0 saturated heterocycles. The smallest absolute Gasteiger partial charge is 0.166 e. The lowest BCUT2D eigenvalue weighted by atomic mass is 10.3. The van der Waals surface area contributed by atoms with Crippen LogP contribution in [0.1, 0.15) is 12.8 Å². The van der Waals surface area contributed by atoms with Crippen LogP contribution in [0.25, 0.3) is 0 Å². The molecule has 0 spiro atoms. The molecule has 4 N–H and O–H groups in total. The molecule has 0 aliphatic rings. The summed E-state index contributed by atoms with van der Waals surface area (Å²) in [7, 11) is 1.80. The second-order valence-corrected chi connectivity index (χ2v) is 2.41. The average Bonchev–Trinajstić information content (AvgIpc) is 1.98. The maximum atomic E-state index is 5.30. The molecular weight excluding hydrogens is 146 g/mol. The van der Waals surface area contributed by atoms with Crippen LogP contribution in [0.3, 0.4) is 0 Å². The predicted molar refractivity (Wildman–Crippen MR) is 47.9 cm³/mol. The van der Waals surface area contributed by atoms with Gasteiger partial charge in [-0.2, -0.15) is 0 Å². The van der Waals surface area contributed by atoms with Crippen molar-refractivity contribution in [2.75, 3.05) is 20.1 Å². The summed E-state index contributed by atoms with van der Waals surface area (Å²) < 4.78 is 0. The van der Waals surface area contributed by atoms with Gasteiger partial charge in [0.1, 0.15) is 0 Å². The number of hydrogen-bond donors (Lipinski definition) is 3. The fourth-order valence-corrected chi connectivity index (χ4v) is 0.662. The summed E-state index contributed by atoms with van der Waals surface area (Å²) in [4.78, 5) is 0. The van der Waals surface area contributed by atoms with Crippen molar-refractivity contribution < 1.29 is 0 Å². The molecule has 0 saturated carbocycles. The quantitative estimate of drug-likeness (QED) is 0.395. The molecule has 0 aliphatic carbocycles. The Bertz CT molecular complexity index is 95.0. The summed E-state index contributed by atoms with van der Waals surface area (Å²) in [6.07, 6.45) is 2.14. The van der Waals surface area contributed by atoms with Crippen LogP contribution >= 0.6 is 12.2 Å². The van der Waals surface area contributed by atoms with E-state index in [2.05, 4.69) is 10.6 Å². The Morgan fingerprint density at radius 3 is 2.70 bits per heavy atom. The first-order valence-electron chi connectivity index (χ1n) is 3.47. The molecule has 60 valence electrons. The molecule has 0 aromatic rings. The minimum Gasteiger partial charge on any atom is -0.366 e. The molecule has 3 nitrogen and oxygen atoms in total. The summed E-state index contributed by atoms with van der Waals surface area (Å²) in [5.74, 6) is 0. The highest BCUT2D eigenvalue weighted by molar-refractivity contribution is 7.80. The second-order valence-electron chi connectivity index (χ2n) is 2.00. The van der Waals surface area contributed by atoms with Crippen molar-refractivity contribution in [3.8, 4) is 0 Å². The van der Waals surface area contributed by atoms with Gasteiger partial charge in [-0.3, -0.25) is 0 Å². The average molecular weight is 161 g/mol. The molecule has 4 heteroatoms. The summed E-state index contributed by atoms with van der Waals surface area (Å²) in [6, 6.07) is 0. The zero-order chi connectivity index (χ0) is 7.82. The largest absolute Gasteiger partial charge is 0.366 e. The number of rotatable bonds is 4. The highest BCUT2D eigenvalue weighted by Crippen LogP contribution is 1.81. The number of unbranched alkanes of at least 4 members (excludes halogenated alkanes) is 1. The van der Waals surface area contributed by atoms with Gasteiger partial charge in [0.15, 0.2) is 5.11 Å². The molecule has 10 heavy (non-hydrogen) atoms. The molecule has 0 aromatic carbocycles. The SMILES string of the molecule is CNC(=S)NCCCCN. The Labute approximate surface area is 67.4 Å². The van der Waals surface area contributed by atoms with Crippen LogP contribution in [-0.4, -0.2) is 25.2 Å². The van der Waals surface area contributed by atoms with E-state index < -0.39 is 0 Å². The maximum Gasteiger partial charge on any atom is 0.166 e. The minimum atomic E-state index is 0.706. The summed E-state index contributed by atoms with van der Waals surface area (Å²) in [5, 5.41) is 6.57. The molecule has 0 fully saturated rings. The van der Waals surface area contributed by atoms with Crippen LogP contribution in [0, 0.1) is 0 Å². The van der Waals surface area contributed by atoms with E-state index in [4.69, 9.17) is 18.0 Å². The molecule has 0 heterocycles.